The molecule has 5 nitrogen and oxygen atoms in total. The lowest BCUT2D eigenvalue weighted by Crippen LogP contribution is -2.39. The number of hydrogen-bond donors (Lipinski definition) is 2. The third-order valence-corrected chi connectivity index (χ3v) is 4.87. The van der Waals surface area contributed by atoms with E-state index in [1.54, 1.807) is 28.5 Å². The monoisotopic (exact) mass is 356 g/mol. The molecule has 0 atom stereocenters. The Morgan fingerprint density at radius 1 is 1.44 bits per heavy atom. The van der Waals surface area contributed by atoms with E-state index in [9.17, 15) is 4.79 Å². The molecule has 0 unspecified atom stereocenters. The average Bonchev–Trinajstić information content (AvgIpc) is 3.23. The Labute approximate surface area is 152 Å². The number of aliphatic imine (C=N–C) groups is 1. The molecule has 2 rings (SSSR count). The van der Waals surface area contributed by atoms with Gasteiger partial charge in [-0.15, -0.1) is 11.3 Å². The van der Waals surface area contributed by atoms with Gasteiger partial charge in [-0.25, -0.2) is 4.79 Å². The van der Waals surface area contributed by atoms with Crippen LogP contribution in [0.2, 0.25) is 0 Å². The zero-order valence-electron chi connectivity index (χ0n) is 14.9. The minimum atomic E-state index is -0.221. The highest BCUT2D eigenvalue weighted by Gasteiger charge is 2.23. The minimum Gasteiger partial charge on any atom is -0.397 e. The van der Waals surface area contributed by atoms with E-state index in [2.05, 4.69) is 23.0 Å². The summed E-state index contributed by atoms with van der Waals surface area (Å²) >= 11 is 1.67. The fourth-order valence-corrected chi connectivity index (χ4v) is 3.10. The molecule has 25 heavy (non-hydrogen) atoms. The van der Waals surface area contributed by atoms with Gasteiger partial charge in [0.05, 0.1) is 23.6 Å². The molecule has 0 spiro atoms. The molecule has 1 aliphatic rings. The maximum atomic E-state index is 12.4. The van der Waals surface area contributed by atoms with E-state index in [1.807, 2.05) is 38.3 Å². The molecular weight excluding hydrogens is 332 g/mol. The van der Waals surface area contributed by atoms with Crippen LogP contribution in [0.4, 0.5) is 4.79 Å². The highest BCUT2D eigenvalue weighted by Crippen LogP contribution is 2.20. The Kier molecular flexibility index (Phi) is 6.36. The minimum absolute atomic E-state index is 0.221. The van der Waals surface area contributed by atoms with Crippen LogP contribution in [0.25, 0.3) is 5.57 Å². The molecule has 0 radical (unpaired) electrons. The van der Waals surface area contributed by atoms with Gasteiger partial charge in [-0.2, -0.15) is 0 Å². The van der Waals surface area contributed by atoms with Crippen molar-refractivity contribution in [1.29, 1.82) is 0 Å². The van der Waals surface area contributed by atoms with Crippen LogP contribution >= 0.6 is 11.3 Å². The number of nitrogens with zero attached hydrogens (tertiary/aromatic N) is 2. The van der Waals surface area contributed by atoms with Gasteiger partial charge < -0.3 is 16.0 Å². The smallest absolute Gasteiger partial charge is 0.322 e. The summed E-state index contributed by atoms with van der Waals surface area (Å²) < 4.78 is 0. The van der Waals surface area contributed by atoms with Gasteiger partial charge in [-0.1, -0.05) is 18.7 Å². The van der Waals surface area contributed by atoms with Crippen LogP contribution in [0, 0.1) is 0 Å². The van der Waals surface area contributed by atoms with Crippen molar-refractivity contribution in [3.8, 4) is 0 Å². The van der Waals surface area contributed by atoms with Crippen LogP contribution in [0.1, 0.15) is 25.6 Å². The number of thiophene rings is 1. The van der Waals surface area contributed by atoms with Crippen molar-refractivity contribution in [2.45, 2.75) is 20.8 Å². The SMILES string of the molecule is C=C(NC(=O)N1CC(C)=C(/N=C\C)C1)/C(N)=C\C=C(/C)c1cccs1. The number of nitrogens with two attached hydrogens (primary N) is 1. The topological polar surface area (TPSA) is 70.7 Å². The number of amides is 2. The van der Waals surface area contributed by atoms with Crippen molar-refractivity contribution in [2.24, 2.45) is 10.7 Å². The van der Waals surface area contributed by atoms with E-state index in [4.69, 9.17) is 5.73 Å². The summed E-state index contributed by atoms with van der Waals surface area (Å²) in [6.45, 7) is 10.8. The molecule has 132 valence electrons. The standard InChI is InChI=1S/C19H24N4OS/c1-5-21-17-12-23(11-14(17)3)19(24)22-15(4)16(20)9-8-13(2)18-7-6-10-25-18/h5-10H,4,11-12,20H2,1-3H3,(H,22,24)/b13-8+,16-9+,21-5-. The predicted octanol–water partition coefficient (Wildman–Crippen LogP) is 3.90. The van der Waals surface area contributed by atoms with Gasteiger partial charge in [0.2, 0.25) is 0 Å². The van der Waals surface area contributed by atoms with Crippen molar-refractivity contribution >= 4 is 29.2 Å². The van der Waals surface area contributed by atoms with Crippen LogP contribution in [0.3, 0.4) is 0 Å². The predicted molar refractivity (Wildman–Crippen MR) is 106 cm³/mol. The zero-order valence-corrected chi connectivity index (χ0v) is 15.7. The molecule has 6 heteroatoms. The van der Waals surface area contributed by atoms with Gasteiger partial charge >= 0.3 is 6.03 Å². The number of hydrogen-bond acceptors (Lipinski definition) is 4. The highest BCUT2D eigenvalue weighted by atomic mass is 32.1. The van der Waals surface area contributed by atoms with Crippen molar-refractivity contribution in [2.75, 3.05) is 13.1 Å². The first-order valence-corrected chi connectivity index (χ1v) is 8.90. The molecule has 0 aromatic carbocycles. The van der Waals surface area contributed by atoms with Crippen LogP contribution < -0.4 is 11.1 Å². The summed E-state index contributed by atoms with van der Waals surface area (Å²) in [6, 6.07) is 3.84. The summed E-state index contributed by atoms with van der Waals surface area (Å²) in [5.41, 5.74) is 9.98. The summed E-state index contributed by atoms with van der Waals surface area (Å²) in [5, 5.41) is 4.79. The first-order valence-electron chi connectivity index (χ1n) is 8.02. The second-order valence-electron chi connectivity index (χ2n) is 5.83. The first-order chi connectivity index (χ1) is 11.9. The third-order valence-electron chi connectivity index (χ3n) is 3.86. The van der Waals surface area contributed by atoms with E-state index in [0.717, 1.165) is 16.8 Å². The largest absolute Gasteiger partial charge is 0.397 e. The van der Waals surface area contributed by atoms with Crippen molar-refractivity contribution < 1.29 is 4.79 Å². The molecule has 1 aromatic rings. The van der Waals surface area contributed by atoms with Gasteiger partial charge in [0.25, 0.3) is 0 Å². The van der Waals surface area contributed by atoms with Crippen molar-refractivity contribution in [1.82, 2.24) is 10.2 Å². The lowest BCUT2D eigenvalue weighted by atomic mass is 10.2. The molecule has 3 N–H and O–H groups in total. The fraction of sp³-hybridized carbons (Fsp3) is 0.263. The number of allylic oxidation sites excluding steroid dienone is 3. The van der Waals surface area contributed by atoms with E-state index >= 15 is 0 Å². The number of carbonyl (C=O) groups is 1. The van der Waals surface area contributed by atoms with E-state index in [1.165, 1.54) is 4.88 Å². The van der Waals surface area contributed by atoms with Crippen LogP contribution in [-0.2, 0) is 0 Å². The van der Waals surface area contributed by atoms with Gasteiger partial charge in [0, 0.05) is 17.6 Å². The zero-order chi connectivity index (χ0) is 18.4. The Bertz CT molecular complexity index is 769. The molecular formula is C19H24N4OS. The summed E-state index contributed by atoms with van der Waals surface area (Å²) in [7, 11) is 0. The number of urea groups is 1. The second-order valence-corrected chi connectivity index (χ2v) is 6.78. The molecule has 2 amide bonds. The van der Waals surface area contributed by atoms with E-state index < -0.39 is 0 Å². The molecule has 1 aromatic heterocycles. The van der Waals surface area contributed by atoms with Gasteiger partial charge in [0.15, 0.2) is 0 Å². The maximum absolute atomic E-state index is 12.4. The van der Waals surface area contributed by atoms with Crippen molar-refractivity contribution in [3.05, 3.63) is 63.8 Å². The Balaban J connectivity index is 1.94. The van der Waals surface area contributed by atoms with Crippen LogP contribution in [0.15, 0.2) is 63.9 Å². The number of rotatable bonds is 5. The number of carbonyl (C=O) groups excluding carboxylic acids is 1. The quantitative estimate of drug-likeness (QED) is 0.620. The molecule has 0 saturated heterocycles. The number of nitrogens with one attached hydrogen (secondary N) is 1. The summed E-state index contributed by atoms with van der Waals surface area (Å²) in [4.78, 5) is 19.5. The van der Waals surface area contributed by atoms with Crippen LogP contribution in [-0.4, -0.2) is 30.2 Å². The third kappa shape index (κ3) is 4.93. The molecule has 0 fully saturated rings. The highest BCUT2D eigenvalue weighted by molar-refractivity contribution is 7.11. The Morgan fingerprint density at radius 3 is 2.84 bits per heavy atom. The average molecular weight is 356 g/mol. The van der Waals surface area contributed by atoms with Gasteiger partial charge in [-0.05, 0) is 49.4 Å². The van der Waals surface area contributed by atoms with Gasteiger partial charge in [-0.3, -0.25) is 4.99 Å². The molecule has 1 aliphatic heterocycles. The lowest BCUT2D eigenvalue weighted by Gasteiger charge is -2.18. The molecule has 0 aliphatic carbocycles. The summed E-state index contributed by atoms with van der Waals surface area (Å²) in [5.74, 6) is 0. The van der Waals surface area contributed by atoms with E-state index in [-0.39, 0.29) is 6.03 Å². The van der Waals surface area contributed by atoms with Gasteiger partial charge in [0.1, 0.15) is 0 Å². The molecule has 0 bridgehead atoms. The lowest BCUT2D eigenvalue weighted by molar-refractivity contribution is 0.212. The van der Waals surface area contributed by atoms with Crippen molar-refractivity contribution in [3.63, 3.8) is 0 Å². The fourth-order valence-electron chi connectivity index (χ4n) is 2.38. The van der Waals surface area contributed by atoms with Crippen LogP contribution in [0.5, 0.6) is 0 Å². The Hall–Kier alpha value is -2.60. The summed E-state index contributed by atoms with van der Waals surface area (Å²) in [6.07, 6.45) is 5.42. The van der Waals surface area contributed by atoms with E-state index in [0.29, 0.717) is 24.5 Å². The normalized spacial score (nSPS) is 16.0. The molecule has 2 heterocycles. The maximum Gasteiger partial charge on any atom is 0.322 e. The molecule has 0 saturated carbocycles. The Morgan fingerprint density at radius 2 is 2.20 bits per heavy atom. The first kappa shape index (κ1) is 18.7. The second kappa shape index (κ2) is 8.48.